The third kappa shape index (κ3) is 4.68. The number of ether oxygens (including phenoxy) is 2. The first-order valence-corrected chi connectivity index (χ1v) is 9.30. The molecule has 152 valence electrons. The van der Waals surface area contributed by atoms with Crippen molar-refractivity contribution in [1.29, 1.82) is 0 Å². The molecule has 0 N–H and O–H groups in total. The summed E-state index contributed by atoms with van der Waals surface area (Å²) in [5.74, 6) is 1.82. The van der Waals surface area contributed by atoms with Crippen LogP contribution in [0.25, 0.3) is 0 Å². The maximum Gasteiger partial charge on any atom is 0.289 e. The zero-order valence-corrected chi connectivity index (χ0v) is 16.8. The molecule has 0 radical (unpaired) electrons. The van der Waals surface area contributed by atoms with E-state index in [2.05, 4.69) is 0 Å². The quantitative estimate of drug-likeness (QED) is 0.585. The Morgan fingerprint density at radius 2 is 1.86 bits per heavy atom. The standard InChI is InChI=1S/C22H24N2O5/c1-4-23(14-16-8-10-18(27-2)20(13-16)28-3)22(26)19-11-9-17(29-19)15-24-12-6-5-7-21(24)25/h5-13H,4,14-15H2,1-3H3. The van der Waals surface area contributed by atoms with Crippen molar-refractivity contribution in [2.75, 3.05) is 20.8 Å². The molecule has 0 fully saturated rings. The van der Waals surface area contributed by atoms with E-state index in [1.807, 2.05) is 25.1 Å². The van der Waals surface area contributed by atoms with Gasteiger partial charge in [-0.2, -0.15) is 0 Å². The van der Waals surface area contributed by atoms with Gasteiger partial charge >= 0.3 is 0 Å². The highest BCUT2D eigenvalue weighted by Crippen LogP contribution is 2.28. The number of carbonyl (C=O) groups excluding carboxylic acids is 1. The summed E-state index contributed by atoms with van der Waals surface area (Å²) < 4.78 is 17.8. The van der Waals surface area contributed by atoms with Gasteiger partial charge in [-0.3, -0.25) is 9.59 Å². The fraction of sp³-hybridized carbons (Fsp3) is 0.273. The first-order chi connectivity index (χ1) is 14.0. The van der Waals surface area contributed by atoms with Gasteiger partial charge < -0.3 is 23.4 Å². The molecule has 0 unspecified atom stereocenters. The van der Waals surface area contributed by atoms with Crippen molar-refractivity contribution in [3.8, 4) is 11.5 Å². The predicted octanol–water partition coefficient (Wildman–Crippen LogP) is 3.17. The zero-order chi connectivity index (χ0) is 20.8. The van der Waals surface area contributed by atoms with Crippen LogP contribution in [-0.2, 0) is 13.1 Å². The molecule has 0 saturated carbocycles. The number of pyridine rings is 1. The average Bonchev–Trinajstić information content (AvgIpc) is 3.21. The highest BCUT2D eigenvalue weighted by molar-refractivity contribution is 5.91. The molecule has 0 atom stereocenters. The Bertz CT molecular complexity index is 1040. The van der Waals surface area contributed by atoms with Gasteiger partial charge in [0.2, 0.25) is 0 Å². The van der Waals surface area contributed by atoms with Gasteiger partial charge in [-0.15, -0.1) is 0 Å². The second kappa shape index (κ2) is 9.14. The summed E-state index contributed by atoms with van der Waals surface area (Å²) in [4.78, 5) is 26.4. The molecule has 0 aliphatic carbocycles. The van der Waals surface area contributed by atoms with E-state index in [0.29, 0.717) is 30.3 Å². The van der Waals surface area contributed by atoms with Gasteiger partial charge in [-0.1, -0.05) is 12.1 Å². The number of hydrogen-bond acceptors (Lipinski definition) is 5. The second-order valence-corrected chi connectivity index (χ2v) is 6.44. The van der Waals surface area contributed by atoms with Crippen molar-refractivity contribution in [3.63, 3.8) is 0 Å². The van der Waals surface area contributed by atoms with Crippen LogP contribution in [0.1, 0.15) is 28.8 Å². The Labute approximate surface area is 169 Å². The molecular formula is C22H24N2O5. The normalized spacial score (nSPS) is 10.6. The number of nitrogens with zero attached hydrogens (tertiary/aromatic N) is 2. The fourth-order valence-electron chi connectivity index (χ4n) is 3.02. The van der Waals surface area contributed by atoms with E-state index in [1.54, 1.807) is 49.6 Å². The average molecular weight is 396 g/mol. The molecule has 29 heavy (non-hydrogen) atoms. The molecule has 2 aromatic heterocycles. The first-order valence-electron chi connectivity index (χ1n) is 9.30. The summed E-state index contributed by atoms with van der Waals surface area (Å²) in [5.41, 5.74) is 0.792. The van der Waals surface area contributed by atoms with E-state index >= 15 is 0 Å². The predicted molar refractivity (Wildman–Crippen MR) is 108 cm³/mol. The lowest BCUT2D eigenvalue weighted by Crippen LogP contribution is -2.30. The van der Waals surface area contributed by atoms with Crippen LogP contribution in [0.4, 0.5) is 0 Å². The smallest absolute Gasteiger partial charge is 0.289 e. The summed E-state index contributed by atoms with van der Waals surface area (Å²) in [6.45, 7) is 3.10. The van der Waals surface area contributed by atoms with E-state index in [1.165, 1.54) is 10.6 Å². The first kappa shape index (κ1) is 20.3. The third-order valence-electron chi connectivity index (χ3n) is 4.59. The molecule has 0 saturated heterocycles. The van der Waals surface area contributed by atoms with Crippen LogP contribution in [0.2, 0.25) is 0 Å². The lowest BCUT2D eigenvalue weighted by Gasteiger charge is -2.20. The molecule has 0 bridgehead atoms. The number of furan rings is 1. The van der Waals surface area contributed by atoms with Gasteiger partial charge in [-0.05, 0) is 42.8 Å². The molecule has 0 aliphatic heterocycles. The van der Waals surface area contributed by atoms with Crippen LogP contribution in [0.15, 0.2) is 63.9 Å². The molecule has 0 spiro atoms. The van der Waals surface area contributed by atoms with E-state index in [4.69, 9.17) is 13.9 Å². The largest absolute Gasteiger partial charge is 0.493 e. The molecular weight excluding hydrogens is 372 g/mol. The lowest BCUT2D eigenvalue weighted by atomic mass is 10.2. The van der Waals surface area contributed by atoms with Crippen molar-refractivity contribution < 1.29 is 18.7 Å². The zero-order valence-electron chi connectivity index (χ0n) is 16.8. The van der Waals surface area contributed by atoms with Crippen molar-refractivity contribution in [2.24, 2.45) is 0 Å². The summed E-state index contributed by atoms with van der Waals surface area (Å²) in [6.07, 6.45) is 1.68. The molecule has 2 heterocycles. The second-order valence-electron chi connectivity index (χ2n) is 6.44. The van der Waals surface area contributed by atoms with Gasteiger partial charge in [0, 0.05) is 25.4 Å². The van der Waals surface area contributed by atoms with Crippen LogP contribution in [0, 0.1) is 0 Å². The van der Waals surface area contributed by atoms with Crippen LogP contribution in [0.5, 0.6) is 11.5 Å². The number of benzene rings is 1. The molecule has 7 heteroatoms. The van der Waals surface area contributed by atoms with E-state index in [-0.39, 0.29) is 23.8 Å². The van der Waals surface area contributed by atoms with Gasteiger partial charge in [0.05, 0.1) is 20.8 Å². The minimum Gasteiger partial charge on any atom is -0.493 e. The Morgan fingerprint density at radius 1 is 1.07 bits per heavy atom. The maximum absolute atomic E-state index is 12.9. The minimum atomic E-state index is -0.214. The molecule has 3 rings (SSSR count). The topological polar surface area (TPSA) is 73.9 Å². The van der Waals surface area contributed by atoms with Gasteiger partial charge in [0.25, 0.3) is 11.5 Å². The van der Waals surface area contributed by atoms with Gasteiger partial charge in [0.15, 0.2) is 17.3 Å². The fourth-order valence-corrected chi connectivity index (χ4v) is 3.02. The van der Waals surface area contributed by atoms with E-state index in [9.17, 15) is 9.59 Å². The van der Waals surface area contributed by atoms with E-state index < -0.39 is 0 Å². The Balaban J connectivity index is 1.74. The highest BCUT2D eigenvalue weighted by atomic mass is 16.5. The van der Waals surface area contributed by atoms with Gasteiger partial charge in [0.1, 0.15) is 5.76 Å². The lowest BCUT2D eigenvalue weighted by molar-refractivity contribution is 0.0718. The molecule has 1 aromatic carbocycles. The number of amides is 1. The summed E-state index contributed by atoms with van der Waals surface area (Å²) in [7, 11) is 3.16. The third-order valence-corrected chi connectivity index (χ3v) is 4.59. The van der Waals surface area contributed by atoms with Crippen molar-refractivity contribution in [3.05, 3.63) is 82.2 Å². The highest BCUT2D eigenvalue weighted by Gasteiger charge is 2.19. The number of carbonyl (C=O) groups is 1. The Morgan fingerprint density at radius 3 is 2.55 bits per heavy atom. The summed E-state index contributed by atoms with van der Waals surface area (Å²) in [6, 6.07) is 13.9. The van der Waals surface area contributed by atoms with Crippen LogP contribution < -0.4 is 15.0 Å². The maximum atomic E-state index is 12.9. The van der Waals surface area contributed by atoms with E-state index in [0.717, 1.165) is 5.56 Å². The summed E-state index contributed by atoms with van der Waals surface area (Å²) >= 11 is 0. The Hall–Kier alpha value is -3.48. The SMILES string of the molecule is CCN(Cc1ccc(OC)c(OC)c1)C(=O)c1ccc(Cn2ccccc2=O)o1. The van der Waals surface area contributed by atoms with Gasteiger partial charge in [-0.25, -0.2) is 0 Å². The monoisotopic (exact) mass is 396 g/mol. The molecule has 3 aromatic rings. The van der Waals surface area contributed by atoms with Crippen LogP contribution in [0.3, 0.4) is 0 Å². The number of methoxy groups -OCH3 is 2. The minimum absolute atomic E-state index is 0.125. The number of aromatic nitrogens is 1. The van der Waals surface area contributed by atoms with Crippen molar-refractivity contribution >= 4 is 5.91 Å². The van der Waals surface area contributed by atoms with Crippen molar-refractivity contribution in [1.82, 2.24) is 9.47 Å². The van der Waals surface area contributed by atoms with Crippen molar-refractivity contribution in [2.45, 2.75) is 20.0 Å². The molecule has 0 aliphatic rings. The Kier molecular flexibility index (Phi) is 6.39. The number of hydrogen-bond donors (Lipinski definition) is 0. The molecule has 7 nitrogen and oxygen atoms in total. The number of rotatable bonds is 8. The molecule has 1 amide bonds. The van der Waals surface area contributed by atoms with Crippen LogP contribution in [-0.4, -0.2) is 36.1 Å². The summed E-state index contributed by atoms with van der Waals surface area (Å²) in [5, 5.41) is 0. The van der Waals surface area contributed by atoms with Crippen LogP contribution >= 0.6 is 0 Å².